The summed E-state index contributed by atoms with van der Waals surface area (Å²) < 4.78 is 1.85. The number of aromatic hydroxyl groups is 1. The van der Waals surface area contributed by atoms with E-state index in [0.717, 1.165) is 17.0 Å². The summed E-state index contributed by atoms with van der Waals surface area (Å²) >= 11 is 0. The van der Waals surface area contributed by atoms with E-state index in [1.807, 2.05) is 17.5 Å². The highest BCUT2D eigenvalue weighted by atomic mass is 16.3. The summed E-state index contributed by atoms with van der Waals surface area (Å²) in [5.74, 6) is 0.686. The molecule has 0 spiro atoms. The van der Waals surface area contributed by atoms with Crippen molar-refractivity contribution < 1.29 is 5.11 Å². The average Bonchev–Trinajstić information content (AvgIpc) is 2.89. The zero-order valence-corrected chi connectivity index (χ0v) is 7.94. The Labute approximate surface area is 81.2 Å². The number of nitrogens with zero attached hydrogens (tertiary/aromatic N) is 3. The van der Waals surface area contributed by atoms with Gasteiger partial charge in [-0.15, -0.1) is 0 Å². The quantitative estimate of drug-likeness (QED) is 0.741. The molecule has 0 radical (unpaired) electrons. The molecule has 0 amide bonds. The van der Waals surface area contributed by atoms with Crippen LogP contribution < -0.4 is 0 Å². The summed E-state index contributed by atoms with van der Waals surface area (Å²) in [5, 5.41) is 9.27. The second kappa shape index (κ2) is 2.47. The minimum atomic E-state index is 0.0582. The molecule has 1 fully saturated rings. The van der Waals surface area contributed by atoms with E-state index >= 15 is 0 Å². The van der Waals surface area contributed by atoms with Crippen LogP contribution in [-0.2, 0) is 0 Å². The fourth-order valence-corrected chi connectivity index (χ4v) is 1.74. The molecule has 1 aliphatic carbocycles. The first-order chi connectivity index (χ1) is 6.74. The van der Waals surface area contributed by atoms with Crippen LogP contribution in [-0.4, -0.2) is 19.5 Å². The van der Waals surface area contributed by atoms with Crippen LogP contribution in [0, 0.1) is 6.92 Å². The van der Waals surface area contributed by atoms with Gasteiger partial charge in [0.25, 0.3) is 0 Å². The number of hydrogen-bond acceptors (Lipinski definition) is 3. The molecule has 0 aromatic carbocycles. The molecular formula is C10H11N3O. The maximum Gasteiger partial charge on any atom is 0.230 e. The highest BCUT2D eigenvalue weighted by molar-refractivity contribution is 5.46. The van der Waals surface area contributed by atoms with Crippen LogP contribution >= 0.6 is 0 Å². The van der Waals surface area contributed by atoms with Crippen molar-refractivity contribution in [1.82, 2.24) is 14.4 Å². The second-order valence-electron chi connectivity index (χ2n) is 3.86. The number of aromatic nitrogens is 3. The molecule has 0 atom stereocenters. The van der Waals surface area contributed by atoms with Gasteiger partial charge in [0.15, 0.2) is 5.65 Å². The van der Waals surface area contributed by atoms with E-state index in [0.29, 0.717) is 5.92 Å². The zero-order chi connectivity index (χ0) is 9.71. The van der Waals surface area contributed by atoms with Crippen molar-refractivity contribution in [2.45, 2.75) is 25.7 Å². The minimum Gasteiger partial charge on any atom is -0.492 e. The van der Waals surface area contributed by atoms with E-state index in [1.54, 1.807) is 6.20 Å². The van der Waals surface area contributed by atoms with Gasteiger partial charge >= 0.3 is 0 Å². The van der Waals surface area contributed by atoms with Crippen molar-refractivity contribution in [3.8, 4) is 5.88 Å². The predicted octanol–water partition coefficient (Wildman–Crippen LogP) is 1.62. The highest BCUT2D eigenvalue weighted by Crippen LogP contribution is 2.39. The first-order valence-corrected chi connectivity index (χ1v) is 4.79. The van der Waals surface area contributed by atoms with Gasteiger partial charge in [-0.2, -0.15) is 4.98 Å². The monoisotopic (exact) mass is 189 g/mol. The number of fused-ring (bicyclic) bond motifs is 1. The third kappa shape index (κ3) is 1.07. The Hall–Kier alpha value is -1.58. The Balaban J connectivity index is 2.26. The van der Waals surface area contributed by atoms with Gasteiger partial charge in [-0.05, 0) is 19.8 Å². The van der Waals surface area contributed by atoms with Crippen LogP contribution in [0.25, 0.3) is 5.65 Å². The Morgan fingerprint density at radius 1 is 1.36 bits per heavy atom. The molecule has 1 N–H and O–H groups in total. The molecule has 0 aliphatic heterocycles. The molecule has 1 saturated carbocycles. The van der Waals surface area contributed by atoms with Gasteiger partial charge in [0.2, 0.25) is 5.88 Å². The van der Waals surface area contributed by atoms with Gasteiger partial charge in [0.05, 0.1) is 17.6 Å². The lowest BCUT2D eigenvalue weighted by Crippen LogP contribution is -1.96. The third-order valence-electron chi connectivity index (χ3n) is 2.61. The first-order valence-electron chi connectivity index (χ1n) is 4.79. The fourth-order valence-electron chi connectivity index (χ4n) is 1.74. The summed E-state index contributed by atoms with van der Waals surface area (Å²) in [6, 6.07) is 0. The Morgan fingerprint density at radius 3 is 2.86 bits per heavy atom. The predicted molar refractivity (Wildman–Crippen MR) is 51.4 cm³/mol. The molecule has 3 rings (SSSR count). The normalized spacial score (nSPS) is 16.4. The van der Waals surface area contributed by atoms with Crippen molar-refractivity contribution in [3.05, 3.63) is 23.8 Å². The molecule has 72 valence electrons. The second-order valence-corrected chi connectivity index (χ2v) is 3.86. The SMILES string of the molecule is Cc1nc(C2CC2)cn2cc(O)nc12. The van der Waals surface area contributed by atoms with Gasteiger partial charge < -0.3 is 5.11 Å². The smallest absolute Gasteiger partial charge is 0.230 e. The average molecular weight is 189 g/mol. The molecule has 0 bridgehead atoms. The molecule has 1 aliphatic rings. The standard InChI is InChI=1S/C10H11N3O/c1-6-10-12-9(14)5-13(10)4-8(11-6)7-2-3-7/h4-5,7,14H,2-3H2,1H3. The van der Waals surface area contributed by atoms with Crippen LogP contribution in [0.5, 0.6) is 5.88 Å². The van der Waals surface area contributed by atoms with Gasteiger partial charge in [-0.1, -0.05) is 0 Å². The Bertz CT molecular complexity index is 499. The van der Waals surface area contributed by atoms with Gasteiger partial charge in [0, 0.05) is 12.1 Å². The van der Waals surface area contributed by atoms with Crippen molar-refractivity contribution in [2.24, 2.45) is 0 Å². The number of hydrogen-bond donors (Lipinski definition) is 1. The number of rotatable bonds is 1. The van der Waals surface area contributed by atoms with E-state index in [1.165, 1.54) is 12.8 Å². The maximum absolute atomic E-state index is 9.27. The van der Waals surface area contributed by atoms with Crippen LogP contribution in [0.1, 0.15) is 30.1 Å². The van der Waals surface area contributed by atoms with E-state index in [-0.39, 0.29) is 5.88 Å². The molecule has 4 heteroatoms. The molecule has 2 heterocycles. The lowest BCUT2D eigenvalue weighted by molar-refractivity contribution is 0.457. The first kappa shape index (κ1) is 7.79. The molecule has 2 aromatic rings. The van der Waals surface area contributed by atoms with Gasteiger partial charge in [-0.25, -0.2) is 0 Å². The summed E-state index contributed by atoms with van der Waals surface area (Å²) in [6.45, 7) is 1.92. The molecule has 14 heavy (non-hydrogen) atoms. The van der Waals surface area contributed by atoms with Crippen molar-refractivity contribution in [1.29, 1.82) is 0 Å². The molecule has 0 saturated heterocycles. The fraction of sp³-hybridized carbons (Fsp3) is 0.400. The van der Waals surface area contributed by atoms with Crippen molar-refractivity contribution in [3.63, 3.8) is 0 Å². The topological polar surface area (TPSA) is 50.4 Å². The van der Waals surface area contributed by atoms with Crippen LogP contribution in [0.2, 0.25) is 0 Å². The lowest BCUT2D eigenvalue weighted by Gasteiger charge is -2.01. The number of aryl methyl sites for hydroxylation is 1. The van der Waals surface area contributed by atoms with Gasteiger partial charge in [0.1, 0.15) is 0 Å². The summed E-state index contributed by atoms with van der Waals surface area (Å²) in [5.41, 5.74) is 2.74. The van der Waals surface area contributed by atoms with E-state index < -0.39 is 0 Å². The van der Waals surface area contributed by atoms with Crippen molar-refractivity contribution in [2.75, 3.05) is 0 Å². The maximum atomic E-state index is 9.27. The zero-order valence-electron chi connectivity index (χ0n) is 7.94. The molecular weight excluding hydrogens is 178 g/mol. The molecule has 0 unspecified atom stereocenters. The molecule has 4 nitrogen and oxygen atoms in total. The van der Waals surface area contributed by atoms with Crippen molar-refractivity contribution >= 4 is 5.65 Å². The van der Waals surface area contributed by atoms with Crippen LogP contribution in [0.15, 0.2) is 12.4 Å². The number of imidazole rings is 1. The van der Waals surface area contributed by atoms with Gasteiger partial charge in [-0.3, -0.25) is 9.38 Å². The highest BCUT2D eigenvalue weighted by Gasteiger charge is 2.26. The summed E-state index contributed by atoms with van der Waals surface area (Å²) in [7, 11) is 0. The van der Waals surface area contributed by atoms with E-state index in [2.05, 4.69) is 9.97 Å². The minimum absolute atomic E-state index is 0.0582. The van der Waals surface area contributed by atoms with Crippen LogP contribution in [0.3, 0.4) is 0 Å². The van der Waals surface area contributed by atoms with E-state index in [9.17, 15) is 5.11 Å². The summed E-state index contributed by atoms with van der Waals surface area (Å²) in [4.78, 5) is 8.47. The summed E-state index contributed by atoms with van der Waals surface area (Å²) in [6.07, 6.45) is 6.06. The third-order valence-corrected chi connectivity index (χ3v) is 2.61. The lowest BCUT2D eigenvalue weighted by atomic mass is 10.3. The molecule has 2 aromatic heterocycles. The Morgan fingerprint density at radius 2 is 2.14 bits per heavy atom. The van der Waals surface area contributed by atoms with E-state index in [4.69, 9.17) is 0 Å². The largest absolute Gasteiger partial charge is 0.492 e. The Kier molecular flexibility index (Phi) is 1.37. The van der Waals surface area contributed by atoms with Crippen LogP contribution in [0.4, 0.5) is 0 Å².